The van der Waals surface area contributed by atoms with Crippen LogP contribution in [0.1, 0.15) is 39.5 Å². The Balaban J connectivity index is 2.43. The third-order valence-corrected chi connectivity index (χ3v) is 3.25. The average Bonchev–Trinajstić information content (AvgIpc) is 3.10. The SMILES string of the molecule is COC(CN)CC(=O)N(CCC(C)C)C1CC1. The number of methoxy groups -OCH3 is 1. The van der Waals surface area contributed by atoms with Crippen LogP contribution in [0, 0.1) is 5.92 Å². The second-order valence-electron chi connectivity index (χ2n) is 5.30. The maximum Gasteiger partial charge on any atom is 0.225 e. The molecule has 1 aliphatic carbocycles. The summed E-state index contributed by atoms with van der Waals surface area (Å²) in [7, 11) is 1.61. The molecular weight excluding hydrogens is 216 g/mol. The molecule has 2 N–H and O–H groups in total. The van der Waals surface area contributed by atoms with Gasteiger partial charge in [0.2, 0.25) is 5.91 Å². The summed E-state index contributed by atoms with van der Waals surface area (Å²) in [5.41, 5.74) is 5.55. The Morgan fingerprint density at radius 2 is 2.12 bits per heavy atom. The molecule has 0 spiro atoms. The van der Waals surface area contributed by atoms with Crippen molar-refractivity contribution in [3.63, 3.8) is 0 Å². The fourth-order valence-electron chi connectivity index (χ4n) is 1.87. The Kier molecular flexibility index (Phi) is 5.92. The van der Waals surface area contributed by atoms with Gasteiger partial charge in [0.25, 0.3) is 0 Å². The lowest BCUT2D eigenvalue weighted by Crippen LogP contribution is -2.38. The summed E-state index contributed by atoms with van der Waals surface area (Å²) < 4.78 is 5.17. The maximum absolute atomic E-state index is 12.2. The Morgan fingerprint density at radius 3 is 2.53 bits per heavy atom. The highest BCUT2D eigenvalue weighted by Crippen LogP contribution is 2.28. The second-order valence-corrected chi connectivity index (χ2v) is 5.30. The molecule has 100 valence electrons. The number of amides is 1. The fraction of sp³-hybridized carbons (Fsp3) is 0.923. The zero-order chi connectivity index (χ0) is 12.8. The van der Waals surface area contributed by atoms with Crippen molar-refractivity contribution in [1.82, 2.24) is 4.90 Å². The Hall–Kier alpha value is -0.610. The number of hydrogen-bond acceptors (Lipinski definition) is 3. The largest absolute Gasteiger partial charge is 0.380 e. The number of nitrogens with two attached hydrogens (primary N) is 1. The molecule has 0 bridgehead atoms. The van der Waals surface area contributed by atoms with Gasteiger partial charge in [0.05, 0.1) is 12.5 Å². The van der Waals surface area contributed by atoms with E-state index in [0.29, 0.717) is 24.9 Å². The van der Waals surface area contributed by atoms with Crippen LogP contribution in [-0.4, -0.2) is 43.2 Å². The van der Waals surface area contributed by atoms with Gasteiger partial charge in [-0.1, -0.05) is 13.8 Å². The van der Waals surface area contributed by atoms with Gasteiger partial charge in [-0.25, -0.2) is 0 Å². The molecule has 4 heteroatoms. The zero-order valence-corrected chi connectivity index (χ0v) is 11.3. The van der Waals surface area contributed by atoms with E-state index in [9.17, 15) is 4.79 Å². The van der Waals surface area contributed by atoms with Crippen molar-refractivity contribution >= 4 is 5.91 Å². The minimum Gasteiger partial charge on any atom is -0.380 e. The maximum atomic E-state index is 12.2. The normalized spacial score (nSPS) is 17.2. The lowest BCUT2D eigenvalue weighted by molar-refractivity contribution is -0.134. The fourth-order valence-corrected chi connectivity index (χ4v) is 1.87. The predicted molar refractivity (Wildman–Crippen MR) is 68.7 cm³/mol. The molecule has 17 heavy (non-hydrogen) atoms. The Bertz CT molecular complexity index is 236. The van der Waals surface area contributed by atoms with Crippen LogP contribution in [-0.2, 0) is 9.53 Å². The lowest BCUT2D eigenvalue weighted by Gasteiger charge is -2.25. The summed E-state index contributed by atoms with van der Waals surface area (Å²) in [6, 6.07) is 0.483. The van der Waals surface area contributed by atoms with E-state index in [4.69, 9.17) is 10.5 Å². The number of carbonyl (C=O) groups excluding carboxylic acids is 1. The van der Waals surface area contributed by atoms with E-state index in [2.05, 4.69) is 13.8 Å². The van der Waals surface area contributed by atoms with E-state index in [1.807, 2.05) is 4.90 Å². The van der Waals surface area contributed by atoms with Crippen molar-refractivity contribution < 1.29 is 9.53 Å². The number of rotatable bonds is 8. The molecule has 0 aromatic heterocycles. The number of carbonyl (C=O) groups is 1. The van der Waals surface area contributed by atoms with Crippen LogP contribution >= 0.6 is 0 Å². The molecule has 0 saturated heterocycles. The molecule has 0 aromatic rings. The van der Waals surface area contributed by atoms with E-state index < -0.39 is 0 Å². The van der Waals surface area contributed by atoms with Crippen molar-refractivity contribution in [2.45, 2.75) is 51.7 Å². The molecule has 1 fully saturated rings. The highest BCUT2D eigenvalue weighted by molar-refractivity contribution is 5.77. The summed E-state index contributed by atoms with van der Waals surface area (Å²) in [6.07, 6.45) is 3.67. The first-order valence-electron chi connectivity index (χ1n) is 6.60. The third-order valence-electron chi connectivity index (χ3n) is 3.25. The monoisotopic (exact) mass is 242 g/mol. The Labute approximate surface area is 104 Å². The van der Waals surface area contributed by atoms with E-state index in [0.717, 1.165) is 25.8 Å². The summed E-state index contributed by atoms with van der Waals surface area (Å²) >= 11 is 0. The first-order chi connectivity index (χ1) is 8.08. The van der Waals surface area contributed by atoms with Crippen molar-refractivity contribution in [3.8, 4) is 0 Å². The van der Waals surface area contributed by atoms with Gasteiger partial charge in [0, 0.05) is 26.2 Å². The van der Waals surface area contributed by atoms with Crippen LogP contribution < -0.4 is 5.73 Å². The van der Waals surface area contributed by atoms with Gasteiger partial charge in [-0.3, -0.25) is 4.79 Å². The summed E-state index contributed by atoms with van der Waals surface area (Å²) in [5, 5.41) is 0. The van der Waals surface area contributed by atoms with Crippen molar-refractivity contribution in [3.05, 3.63) is 0 Å². The van der Waals surface area contributed by atoms with Gasteiger partial charge in [-0.15, -0.1) is 0 Å². The van der Waals surface area contributed by atoms with Gasteiger partial charge in [0.15, 0.2) is 0 Å². The molecule has 1 unspecified atom stereocenters. The predicted octanol–water partition coefficient (Wildman–Crippen LogP) is 1.39. The van der Waals surface area contributed by atoms with Crippen LogP contribution in [0.3, 0.4) is 0 Å². The van der Waals surface area contributed by atoms with Crippen LogP contribution in [0.4, 0.5) is 0 Å². The molecular formula is C13H26N2O2. The van der Waals surface area contributed by atoms with Gasteiger partial charge < -0.3 is 15.4 Å². The lowest BCUT2D eigenvalue weighted by atomic mass is 10.1. The number of hydrogen-bond donors (Lipinski definition) is 1. The minimum absolute atomic E-state index is 0.136. The standard InChI is InChI=1S/C13H26N2O2/c1-10(2)6-7-15(11-4-5-11)13(16)8-12(9-14)17-3/h10-12H,4-9,14H2,1-3H3. The number of nitrogens with zero attached hydrogens (tertiary/aromatic N) is 1. The second kappa shape index (κ2) is 6.97. The molecule has 1 atom stereocenters. The van der Waals surface area contributed by atoms with Gasteiger partial charge in [-0.2, -0.15) is 0 Å². The summed E-state index contributed by atoms with van der Waals surface area (Å²) in [5.74, 6) is 0.835. The van der Waals surface area contributed by atoms with Gasteiger partial charge >= 0.3 is 0 Å². The third kappa shape index (κ3) is 5.04. The molecule has 0 aromatic carbocycles. The first-order valence-corrected chi connectivity index (χ1v) is 6.60. The molecule has 0 radical (unpaired) electrons. The molecule has 1 rings (SSSR count). The molecule has 4 nitrogen and oxygen atoms in total. The van der Waals surface area contributed by atoms with E-state index in [-0.39, 0.29) is 12.0 Å². The van der Waals surface area contributed by atoms with Crippen molar-refractivity contribution in [1.29, 1.82) is 0 Å². The highest BCUT2D eigenvalue weighted by Gasteiger charge is 2.32. The quantitative estimate of drug-likeness (QED) is 0.699. The van der Waals surface area contributed by atoms with E-state index in [1.165, 1.54) is 0 Å². The van der Waals surface area contributed by atoms with Gasteiger partial charge in [-0.05, 0) is 25.2 Å². The molecule has 1 amide bonds. The smallest absolute Gasteiger partial charge is 0.225 e. The van der Waals surface area contributed by atoms with Crippen molar-refractivity contribution in [2.75, 3.05) is 20.2 Å². The first kappa shape index (κ1) is 14.5. The molecule has 0 heterocycles. The van der Waals surface area contributed by atoms with Crippen molar-refractivity contribution in [2.24, 2.45) is 11.7 Å². The summed E-state index contributed by atoms with van der Waals surface area (Å²) in [6.45, 7) is 5.66. The van der Waals surface area contributed by atoms with Gasteiger partial charge in [0.1, 0.15) is 0 Å². The van der Waals surface area contributed by atoms with E-state index in [1.54, 1.807) is 7.11 Å². The minimum atomic E-state index is -0.136. The molecule has 0 aliphatic heterocycles. The Morgan fingerprint density at radius 1 is 1.47 bits per heavy atom. The molecule has 1 saturated carbocycles. The van der Waals surface area contributed by atoms with Crippen LogP contribution in [0.15, 0.2) is 0 Å². The number of ether oxygens (including phenoxy) is 1. The van der Waals surface area contributed by atoms with Crippen LogP contribution in [0.5, 0.6) is 0 Å². The summed E-state index contributed by atoms with van der Waals surface area (Å²) in [4.78, 5) is 14.2. The topological polar surface area (TPSA) is 55.6 Å². The average molecular weight is 242 g/mol. The highest BCUT2D eigenvalue weighted by atomic mass is 16.5. The zero-order valence-electron chi connectivity index (χ0n) is 11.3. The van der Waals surface area contributed by atoms with Crippen LogP contribution in [0.2, 0.25) is 0 Å². The van der Waals surface area contributed by atoms with Crippen LogP contribution in [0.25, 0.3) is 0 Å². The molecule has 1 aliphatic rings. The van der Waals surface area contributed by atoms with E-state index >= 15 is 0 Å².